The van der Waals surface area contributed by atoms with Gasteiger partial charge < -0.3 is 14.3 Å². The molecule has 1 unspecified atom stereocenters. The number of fused-ring (bicyclic) bond motifs is 1. The molecule has 176 valence electrons. The van der Waals surface area contributed by atoms with Crippen LogP contribution in [-0.4, -0.2) is 37.7 Å². The van der Waals surface area contributed by atoms with Crippen LogP contribution in [0.1, 0.15) is 93.4 Å². The number of aliphatic hydroxyl groups is 1. The Kier molecular flexibility index (Phi) is 7.96. The molecule has 4 nitrogen and oxygen atoms in total. The summed E-state index contributed by atoms with van der Waals surface area (Å²) in [6, 6.07) is 0. The molecule has 5 atom stereocenters. The van der Waals surface area contributed by atoms with E-state index in [4.69, 9.17) is 9.16 Å². The lowest BCUT2D eigenvalue weighted by molar-refractivity contribution is -0.168. The average Bonchev–Trinajstić information content (AvgIpc) is 3.02. The van der Waals surface area contributed by atoms with Gasteiger partial charge in [0.05, 0.1) is 6.61 Å². The fourth-order valence-electron chi connectivity index (χ4n) is 5.79. The summed E-state index contributed by atoms with van der Waals surface area (Å²) in [5.41, 5.74) is -1.09. The Hall–Kier alpha value is -0.393. The predicted molar refractivity (Wildman–Crippen MR) is 126 cm³/mol. The van der Waals surface area contributed by atoms with Gasteiger partial charge in [0.15, 0.2) is 13.9 Å². The standard InChI is InChI=1S/C25H48O4Si/c1-10-25(27,11-2)22(26)28-17-18(3)19-14-15-20-21(13-12-16-24(19,20)7)29-30(8,9)23(4,5)6/h18-21,27H,10-17H2,1-9H3/t18?,19-,20+,21+,24-/m1/s1. The van der Waals surface area contributed by atoms with E-state index < -0.39 is 19.9 Å². The van der Waals surface area contributed by atoms with Crippen LogP contribution in [0.2, 0.25) is 18.1 Å². The molecule has 1 N–H and O–H groups in total. The fourth-order valence-corrected chi connectivity index (χ4v) is 7.18. The Morgan fingerprint density at radius 2 is 1.77 bits per heavy atom. The van der Waals surface area contributed by atoms with E-state index in [0.717, 1.165) is 0 Å². The third-order valence-electron chi connectivity index (χ3n) is 9.10. The third-order valence-corrected chi connectivity index (χ3v) is 13.6. The number of esters is 1. The van der Waals surface area contributed by atoms with Gasteiger partial charge in [-0.05, 0) is 79.8 Å². The summed E-state index contributed by atoms with van der Waals surface area (Å²) >= 11 is 0. The first-order valence-corrected chi connectivity index (χ1v) is 15.2. The fraction of sp³-hybridized carbons (Fsp3) is 0.960. The molecule has 0 aromatic rings. The quantitative estimate of drug-likeness (QED) is 0.354. The molecule has 0 radical (unpaired) electrons. The Bertz CT molecular complexity index is 592. The van der Waals surface area contributed by atoms with E-state index >= 15 is 0 Å². The molecule has 2 aliphatic rings. The molecule has 0 bridgehead atoms. The maximum Gasteiger partial charge on any atom is 0.338 e. The van der Waals surface area contributed by atoms with Gasteiger partial charge in [0, 0.05) is 6.10 Å². The molecule has 2 saturated carbocycles. The molecular weight excluding hydrogens is 392 g/mol. The van der Waals surface area contributed by atoms with E-state index in [2.05, 4.69) is 47.7 Å². The molecule has 0 aliphatic heterocycles. The van der Waals surface area contributed by atoms with Crippen LogP contribution in [0.5, 0.6) is 0 Å². The van der Waals surface area contributed by atoms with Crippen LogP contribution in [0.4, 0.5) is 0 Å². The van der Waals surface area contributed by atoms with Crippen molar-refractivity contribution in [2.45, 2.75) is 123 Å². The van der Waals surface area contributed by atoms with Crippen LogP contribution in [0, 0.1) is 23.2 Å². The van der Waals surface area contributed by atoms with E-state index in [0.29, 0.717) is 43.3 Å². The Morgan fingerprint density at radius 1 is 1.17 bits per heavy atom. The minimum atomic E-state index is -1.79. The molecule has 0 amide bonds. The number of carbonyl (C=O) groups excluding carboxylic acids is 1. The van der Waals surface area contributed by atoms with Gasteiger partial charge in [-0.1, -0.05) is 54.9 Å². The zero-order valence-corrected chi connectivity index (χ0v) is 22.1. The van der Waals surface area contributed by atoms with Gasteiger partial charge in [-0.15, -0.1) is 0 Å². The summed E-state index contributed by atoms with van der Waals surface area (Å²) in [7, 11) is -1.79. The summed E-state index contributed by atoms with van der Waals surface area (Å²) in [6.45, 7) is 20.5. The number of rotatable bonds is 8. The van der Waals surface area contributed by atoms with Crippen molar-refractivity contribution in [3.05, 3.63) is 0 Å². The van der Waals surface area contributed by atoms with Crippen LogP contribution in [0.25, 0.3) is 0 Å². The van der Waals surface area contributed by atoms with Crippen LogP contribution in [0.3, 0.4) is 0 Å². The molecule has 0 saturated heterocycles. The number of hydrogen-bond acceptors (Lipinski definition) is 4. The molecule has 30 heavy (non-hydrogen) atoms. The third kappa shape index (κ3) is 4.99. The van der Waals surface area contributed by atoms with Gasteiger partial charge in [0.25, 0.3) is 0 Å². The van der Waals surface area contributed by atoms with E-state index in [1.165, 1.54) is 32.1 Å². The van der Waals surface area contributed by atoms with Crippen molar-refractivity contribution in [2.75, 3.05) is 6.61 Å². The smallest absolute Gasteiger partial charge is 0.338 e. The molecule has 2 rings (SSSR count). The first kappa shape index (κ1) is 25.9. The maximum absolute atomic E-state index is 12.4. The highest BCUT2D eigenvalue weighted by molar-refractivity contribution is 6.74. The highest BCUT2D eigenvalue weighted by Crippen LogP contribution is 2.59. The molecule has 0 heterocycles. The Morgan fingerprint density at radius 3 is 2.30 bits per heavy atom. The van der Waals surface area contributed by atoms with Crippen molar-refractivity contribution in [2.24, 2.45) is 23.2 Å². The molecule has 0 aromatic heterocycles. The second kappa shape index (κ2) is 9.23. The average molecular weight is 441 g/mol. The van der Waals surface area contributed by atoms with Gasteiger partial charge in [-0.3, -0.25) is 0 Å². The number of hydrogen-bond donors (Lipinski definition) is 1. The lowest BCUT2D eigenvalue weighted by Crippen LogP contribution is -2.50. The van der Waals surface area contributed by atoms with Crippen molar-refractivity contribution >= 4 is 14.3 Å². The first-order chi connectivity index (χ1) is 13.7. The van der Waals surface area contributed by atoms with Gasteiger partial charge in [-0.25, -0.2) is 4.79 Å². The van der Waals surface area contributed by atoms with Crippen molar-refractivity contribution in [1.29, 1.82) is 0 Å². The molecule has 5 heteroatoms. The maximum atomic E-state index is 12.4. The Labute approximate surface area is 186 Å². The molecular formula is C25H48O4Si. The lowest BCUT2D eigenvalue weighted by atomic mass is 9.62. The van der Waals surface area contributed by atoms with Gasteiger partial charge in [0.1, 0.15) is 0 Å². The van der Waals surface area contributed by atoms with Gasteiger partial charge in [-0.2, -0.15) is 0 Å². The second-order valence-electron chi connectivity index (χ2n) is 11.9. The SMILES string of the molecule is CCC(O)(CC)C(=O)OCC(C)[C@H]1CC[C@H]2[C@@H](O[Si](C)(C)C(C)(C)C)CCC[C@]12C. The number of carbonyl (C=O) groups is 1. The zero-order valence-electron chi connectivity index (χ0n) is 21.1. The van der Waals surface area contributed by atoms with Crippen molar-refractivity contribution < 1.29 is 19.1 Å². The molecule has 0 aromatic carbocycles. The predicted octanol–water partition coefficient (Wildman–Crippen LogP) is 6.32. The molecule has 2 fully saturated rings. The summed E-state index contributed by atoms with van der Waals surface area (Å²) < 4.78 is 12.6. The van der Waals surface area contributed by atoms with Gasteiger partial charge in [0.2, 0.25) is 0 Å². The topological polar surface area (TPSA) is 55.8 Å². The monoisotopic (exact) mass is 440 g/mol. The van der Waals surface area contributed by atoms with E-state index in [1.54, 1.807) is 0 Å². The highest BCUT2D eigenvalue weighted by Gasteiger charge is 2.54. The first-order valence-electron chi connectivity index (χ1n) is 12.3. The van der Waals surface area contributed by atoms with Crippen molar-refractivity contribution in [3.63, 3.8) is 0 Å². The van der Waals surface area contributed by atoms with Gasteiger partial charge >= 0.3 is 5.97 Å². The van der Waals surface area contributed by atoms with Crippen LogP contribution in [0.15, 0.2) is 0 Å². The summed E-state index contributed by atoms with van der Waals surface area (Å²) in [5.74, 6) is 0.986. The van der Waals surface area contributed by atoms with Crippen LogP contribution >= 0.6 is 0 Å². The number of ether oxygens (including phenoxy) is 1. The summed E-state index contributed by atoms with van der Waals surface area (Å²) in [6.07, 6.45) is 7.21. The molecule has 2 aliphatic carbocycles. The minimum absolute atomic E-state index is 0.232. The van der Waals surface area contributed by atoms with Crippen LogP contribution < -0.4 is 0 Å². The normalized spacial score (nSPS) is 31.3. The van der Waals surface area contributed by atoms with Crippen LogP contribution in [-0.2, 0) is 14.0 Å². The largest absolute Gasteiger partial charge is 0.463 e. The highest BCUT2D eigenvalue weighted by atomic mass is 28.4. The van der Waals surface area contributed by atoms with E-state index in [-0.39, 0.29) is 10.5 Å². The lowest BCUT2D eigenvalue weighted by Gasteiger charge is -2.49. The minimum Gasteiger partial charge on any atom is -0.463 e. The zero-order chi connectivity index (χ0) is 23.0. The Balaban J connectivity index is 2.06. The molecule has 0 spiro atoms. The van der Waals surface area contributed by atoms with Crippen molar-refractivity contribution in [1.82, 2.24) is 0 Å². The summed E-state index contributed by atoms with van der Waals surface area (Å²) in [5, 5.41) is 10.7. The van der Waals surface area contributed by atoms with E-state index in [9.17, 15) is 9.90 Å². The summed E-state index contributed by atoms with van der Waals surface area (Å²) in [4.78, 5) is 12.4. The van der Waals surface area contributed by atoms with Crippen molar-refractivity contribution in [3.8, 4) is 0 Å². The van der Waals surface area contributed by atoms with E-state index in [1.807, 2.05) is 13.8 Å². The second-order valence-corrected chi connectivity index (χ2v) is 16.7.